The number of hydrogen-bond acceptors (Lipinski definition) is 4. The zero-order chi connectivity index (χ0) is 22.5. The number of aryl methyl sites for hydroxylation is 1. The van der Waals surface area contributed by atoms with Gasteiger partial charge in [-0.05, 0) is 37.6 Å². The molecule has 2 rings (SSSR count). The normalized spacial score (nSPS) is 12.2. The highest BCUT2D eigenvalue weighted by Gasteiger charge is 2.29. The van der Waals surface area contributed by atoms with Crippen molar-refractivity contribution in [3.05, 3.63) is 64.7 Å². The van der Waals surface area contributed by atoms with E-state index in [1.165, 1.54) is 18.0 Å². The molecule has 162 valence electrons. The van der Waals surface area contributed by atoms with Gasteiger partial charge in [0.05, 0.1) is 11.9 Å². The molecule has 1 N–H and O–H groups in total. The quantitative estimate of drug-likeness (QED) is 0.668. The molecule has 0 saturated heterocycles. The molecule has 0 radical (unpaired) electrons. The summed E-state index contributed by atoms with van der Waals surface area (Å²) in [5.74, 6) is -0.845. The van der Waals surface area contributed by atoms with Crippen molar-refractivity contribution in [2.24, 2.45) is 0 Å². The van der Waals surface area contributed by atoms with Crippen LogP contribution in [0, 0.1) is 6.92 Å². The average molecular weight is 452 g/mol. The third kappa shape index (κ3) is 6.21. The first-order valence-electron chi connectivity index (χ1n) is 9.33. The molecule has 0 aliphatic heterocycles. The number of nitrogens with one attached hydrogen (secondary N) is 1. The van der Waals surface area contributed by atoms with Crippen LogP contribution in [0.4, 0.5) is 5.69 Å². The maximum atomic E-state index is 13.2. The van der Waals surface area contributed by atoms with Gasteiger partial charge in [-0.25, -0.2) is 8.42 Å². The van der Waals surface area contributed by atoms with Gasteiger partial charge in [-0.3, -0.25) is 13.9 Å². The predicted molar refractivity (Wildman–Crippen MR) is 119 cm³/mol. The SMILES string of the molecule is CNC(=O)[C@@H](C)N(Cc1cccc(C)c1)C(=O)CN(c1cccc(Cl)c1)S(C)(=O)=O. The molecule has 2 aromatic rings. The van der Waals surface area contributed by atoms with E-state index in [9.17, 15) is 18.0 Å². The van der Waals surface area contributed by atoms with Gasteiger partial charge in [0.15, 0.2) is 0 Å². The van der Waals surface area contributed by atoms with Gasteiger partial charge in [-0.1, -0.05) is 47.5 Å². The number of nitrogens with zero attached hydrogens (tertiary/aromatic N) is 2. The third-order valence-corrected chi connectivity index (χ3v) is 6.00. The van der Waals surface area contributed by atoms with Crippen LogP contribution in [0.25, 0.3) is 0 Å². The van der Waals surface area contributed by atoms with Gasteiger partial charge in [0.25, 0.3) is 0 Å². The molecule has 0 heterocycles. The lowest BCUT2D eigenvalue weighted by atomic mass is 10.1. The Hall–Kier alpha value is -2.58. The van der Waals surface area contributed by atoms with Gasteiger partial charge in [0.2, 0.25) is 21.8 Å². The van der Waals surface area contributed by atoms with Crippen molar-refractivity contribution in [3.63, 3.8) is 0 Å². The zero-order valence-electron chi connectivity index (χ0n) is 17.4. The fourth-order valence-electron chi connectivity index (χ4n) is 3.04. The number of rotatable bonds is 8. The molecule has 0 spiro atoms. The highest BCUT2D eigenvalue weighted by Crippen LogP contribution is 2.22. The van der Waals surface area contributed by atoms with E-state index in [0.29, 0.717) is 5.02 Å². The molecular formula is C21H26ClN3O4S. The molecule has 7 nitrogen and oxygen atoms in total. The largest absolute Gasteiger partial charge is 0.357 e. The van der Waals surface area contributed by atoms with Crippen LogP contribution >= 0.6 is 11.6 Å². The molecule has 30 heavy (non-hydrogen) atoms. The van der Waals surface area contributed by atoms with E-state index in [4.69, 9.17) is 11.6 Å². The van der Waals surface area contributed by atoms with Crippen LogP contribution in [0.15, 0.2) is 48.5 Å². The fourth-order valence-corrected chi connectivity index (χ4v) is 4.07. The molecule has 0 saturated carbocycles. The van der Waals surface area contributed by atoms with Crippen LogP contribution in [0.5, 0.6) is 0 Å². The zero-order valence-corrected chi connectivity index (χ0v) is 19.0. The van der Waals surface area contributed by atoms with E-state index in [2.05, 4.69) is 5.32 Å². The molecule has 0 aliphatic rings. The van der Waals surface area contributed by atoms with Gasteiger partial charge >= 0.3 is 0 Å². The van der Waals surface area contributed by atoms with E-state index < -0.39 is 28.5 Å². The number of carbonyl (C=O) groups is 2. The van der Waals surface area contributed by atoms with Gasteiger partial charge < -0.3 is 10.2 Å². The fraction of sp³-hybridized carbons (Fsp3) is 0.333. The Balaban J connectivity index is 2.38. The Kier molecular flexibility index (Phi) is 7.86. The highest BCUT2D eigenvalue weighted by atomic mass is 35.5. The van der Waals surface area contributed by atoms with Crippen molar-refractivity contribution in [3.8, 4) is 0 Å². The smallest absolute Gasteiger partial charge is 0.244 e. The maximum Gasteiger partial charge on any atom is 0.244 e. The summed E-state index contributed by atoms with van der Waals surface area (Å²) < 4.78 is 25.8. The van der Waals surface area contributed by atoms with E-state index in [1.54, 1.807) is 25.1 Å². The number of amides is 2. The van der Waals surface area contributed by atoms with Crippen LogP contribution < -0.4 is 9.62 Å². The topological polar surface area (TPSA) is 86.8 Å². The van der Waals surface area contributed by atoms with Crippen molar-refractivity contribution in [2.75, 3.05) is 24.2 Å². The van der Waals surface area contributed by atoms with E-state index in [0.717, 1.165) is 21.7 Å². The summed E-state index contributed by atoms with van der Waals surface area (Å²) in [4.78, 5) is 26.8. The van der Waals surface area contributed by atoms with Gasteiger partial charge in [0, 0.05) is 18.6 Å². The van der Waals surface area contributed by atoms with Crippen LogP contribution in [0.2, 0.25) is 5.02 Å². The lowest BCUT2D eigenvalue weighted by molar-refractivity contribution is -0.139. The second-order valence-electron chi connectivity index (χ2n) is 7.05. The monoisotopic (exact) mass is 451 g/mol. The molecule has 9 heteroatoms. The second-order valence-corrected chi connectivity index (χ2v) is 9.39. The van der Waals surface area contributed by atoms with Crippen molar-refractivity contribution >= 4 is 39.1 Å². The first-order valence-corrected chi connectivity index (χ1v) is 11.6. The Morgan fingerprint density at radius 3 is 2.37 bits per heavy atom. The molecule has 2 amide bonds. The Bertz CT molecular complexity index is 1030. The van der Waals surface area contributed by atoms with E-state index >= 15 is 0 Å². The summed E-state index contributed by atoms with van der Waals surface area (Å²) in [6.07, 6.45) is 1.02. The Morgan fingerprint density at radius 1 is 1.13 bits per heavy atom. The molecule has 0 unspecified atom stereocenters. The molecule has 0 fully saturated rings. The summed E-state index contributed by atoms with van der Waals surface area (Å²) in [5, 5.41) is 2.89. The molecule has 2 aromatic carbocycles. The summed E-state index contributed by atoms with van der Waals surface area (Å²) in [5.41, 5.74) is 2.14. The van der Waals surface area contributed by atoms with Crippen LogP contribution in [-0.2, 0) is 26.2 Å². The Morgan fingerprint density at radius 2 is 1.80 bits per heavy atom. The van der Waals surface area contributed by atoms with E-state index in [-0.39, 0.29) is 18.1 Å². The first kappa shape index (κ1) is 23.7. The summed E-state index contributed by atoms with van der Waals surface area (Å²) >= 11 is 6.00. The van der Waals surface area contributed by atoms with Crippen molar-refractivity contribution in [2.45, 2.75) is 26.4 Å². The number of halogens is 1. The highest BCUT2D eigenvalue weighted by molar-refractivity contribution is 7.92. The van der Waals surface area contributed by atoms with Crippen LogP contribution in [0.3, 0.4) is 0 Å². The lowest BCUT2D eigenvalue weighted by Gasteiger charge is -2.31. The lowest BCUT2D eigenvalue weighted by Crippen LogP contribution is -2.50. The standard InChI is InChI=1S/C21H26ClN3O4S/c1-15-7-5-8-17(11-15)13-24(16(2)21(27)23-3)20(26)14-25(30(4,28)29)19-10-6-9-18(22)12-19/h5-12,16H,13-14H2,1-4H3,(H,23,27)/t16-/m1/s1. The van der Waals surface area contributed by atoms with Crippen LogP contribution in [-0.4, -0.2) is 51.0 Å². The molecule has 1 atom stereocenters. The third-order valence-electron chi connectivity index (χ3n) is 4.62. The number of anilines is 1. The number of sulfonamides is 1. The first-order chi connectivity index (χ1) is 14.0. The van der Waals surface area contributed by atoms with Gasteiger partial charge in [-0.15, -0.1) is 0 Å². The summed E-state index contributed by atoms with van der Waals surface area (Å²) in [6, 6.07) is 13.1. The molecule has 0 aromatic heterocycles. The molecular weight excluding hydrogens is 426 g/mol. The summed E-state index contributed by atoms with van der Waals surface area (Å²) in [6.45, 7) is 3.26. The van der Waals surface area contributed by atoms with Crippen molar-refractivity contribution in [1.82, 2.24) is 10.2 Å². The van der Waals surface area contributed by atoms with Crippen molar-refractivity contribution in [1.29, 1.82) is 0 Å². The number of benzene rings is 2. The molecule has 0 aliphatic carbocycles. The number of carbonyl (C=O) groups excluding carboxylic acids is 2. The molecule has 0 bridgehead atoms. The second kappa shape index (κ2) is 9.95. The van der Waals surface area contributed by atoms with Crippen LogP contribution in [0.1, 0.15) is 18.1 Å². The minimum Gasteiger partial charge on any atom is -0.357 e. The van der Waals surface area contributed by atoms with E-state index in [1.807, 2.05) is 31.2 Å². The summed E-state index contributed by atoms with van der Waals surface area (Å²) in [7, 11) is -2.28. The average Bonchev–Trinajstić information content (AvgIpc) is 2.68. The van der Waals surface area contributed by atoms with Crippen molar-refractivity contribution < 1.29 is 18.0 Å². The maximum absolute atomic E-state index is 13.2. The number of likely N-dealkylation sites (N-methyl/N-ethyl adjacent to an activating group) is 1. The number of hydrogen-bond donors (Lipinski definition) is 1. The Labute approximate surface area is 182 Å². The van der Waals surface area contributed by atoms with Gasteiger partial charge in [0.1, 0.15) is 12.6 Å². The minimum atomic E-state index is -3.77. The minimum absolute atomic E-state index is 0.169. The van der Waals surface area contributed by atoms with Gasteiger partial charge in [-0.2, -0.15) is 0 Å². The predicted octanol–water partition coefficient (Wildman–Crippen LogP) is 2.58.